The molecule has 1 aromatic heterocycles. The summed E-state index contributed by atoms with van der Waals surface area (Å²) in [5, 5.41) is 0. The van der Waals surface area contributed by atoms with Crippen LogP contribution in [0.5, 0.6) is 11.5 Å². The maximum Gasteiger partial charge on any atom is 0.254 e. The lowest BCUT2D eigenvalue weighted by atomic mass is 10.1. The third kappa shape index (κ3) is 12.3. The van der Waals surface area contributed by atoms with Crippen LogP contribution in [0.25, 0.3) is 0 Å². The number of halogens is 1. The van der Waals surface area contributed by atoms with E-state index in [9.17, 15) is 4.79 Å². The van der Waals surface area contributed by atoms with Gasteiger partial charge in [-0.3, -0.25) is 4.79 Å². The van der Waals surface area contributed by atoms with Crippen molar-refractivity contribution in [2.75, 3.05) is 13.7 Å². The molecule has 0 fully saturated rings. The molecule has 3 rings (SSSR count). The van der Waals surface area contributed by atoms with Crippen LogP contribution in [-0.4, -0.2) is 24.5 Å². The smallest absolute Gasteiger partial charge is 0.254 e. The number of methoxy groups -OCH3 is 1. The standard InChI is InChI=1S/C36H51N2O3.HI/c1-4-6-7-8-9-10-11-12-13-19-27-41-34-24-23-31(28-35(34)40-3)29-38(36(39)32-20-15-14-16-21-32)30-33-22-17-18-26-37(33)25-5-2;/h14-18,20-24,26,28H,4-13,19,25,27,29-30H2,1-3H3;1H/q+1;/p-1. The molecular formula is C36H51IN2O3. The number of ether oxygens (including phenoxy) is 2. The summed E-state index contributed by atoms with van der Waals surface area (Å²) >= 11 is 0. The zero-order valence-corrected chi connectivity index (χ0v) is 28.2. The van der Waals surface area contributed by atoms with E-state index < -0.39 is 0 Å². The highest BCUT2D eigenvalue weighted by atomic mass is 127. The van der Waals surface area contributed by atoms with E-state index in [1.165, 1.54) is 57.8 Å². The molecule has 0 saturated carbocycles. The van der Waals surface area contributed by atoms with Crippen LogP contribution in [0, 0.1) is 0 Å². The summed E-state index contributed by atoms with van der Waals surface area (Å²) in [6, 6.07) is 21.7. The number of unbranched alkanes of at least 4 members (excludes halogenated alkanes) is 9. The van der Waals surface area contributed by atoms with Crippen LogP contribution < -0.4 is 38.0 Å². The Bertz CT molecular complexity index is 1160. The Morgan fingerprint density at radius 2 is 1.40 bits per heavy atom. The van der Waals surface area contributed by atoms with E-state index in [2.05, 4.69) is 30.7 Å². The first kappa shape index (κ1) is 35.6. The third-order valence-corrected chi connectivity index (χ3v) is 7.52. The maximum atomic E-state index is 13.6. The number of rotatable bonds is 20. The first-order valence-electron chi connectivity index (χ1n) is 15.8. The molecular weight excluding hydrogens is 635 g/mol. The number of aromatic nitrogens is 1. The van der Waals surface area contributed by atoms with Crippen molar-refractivity contribution in [3.8, 4) is 11.5 Å². The van der Waals surface area contributed by atoms with Crippen LogP contribution in [-0.2, 0) is 19.6 Å². The number of benzene rings is 2. The number of carbonyl (C=O) groups excluding carboxylic acids is 1. The van der Waals surface area contributed by atoms with Gasteiger partial charge in [0.1, 0.15) is 13.1 Å². The number of pyridine rings is 1. The molecule has 0 aliphatic rings. The highest BCUT2D eigenvalue weighted by molar-refractivity contribution is 5.94. The number of hydrogen-bond donors (Lipinski definition) is 0. The van der Waals surface area contributed by atoms with E-state index >= 15 is 0 Å². The second kappa shape index (κ2) is 21.1. The summed E-state index contributed by atoms with van der Waals surface area (Å²) in [7, 11) is 1.68. The largest absolute Gasteiger partial charge is 1.00 e. The van der Waals surface area contributed by atoms with E-state index in [4.69, 9.17) is 9.47 Å². The molecule has 1 heterocycles. The van der Waals surface area contributed by atoms with Gasteiger partial charge in [-0.05, 0) is 36.2 Å². The first-order chi connectivity index (χ1) is 20.2. The fourth-order valence-corrected chi connectivity index (χ4v) is 5.19. The van der Waals surface area contributed by atoms with Gasteiger partial charge in [0, 0.05) is 30.7 Å². The van der Waals surface area contributed by atoms with E-state index in [0.29, 0.717) is 31.0 Å². The first-order valence-corrected chi connectivity index (χ1v) is 15.8. The number of hydrogen-bond acceptors (Lipinski definition) is 3. The van der Waals surface area contributed by atoms with Crippen LogP contribution in [0.1, 0.15) is 106 Å². The number of nitrogens with zero attached hydrogens (tertiary/aromatic N) is 2. The summed E-state index contributed by atoms with van der Waals surface area (Å²) in [5.74, 6) is 1.48. The minimum atomic E-state index is 0. The molecule has 2 aromatic carbocycles. The van der Waals surface area contributed by atoms with Gasteiger partial charge < -0.3 is 38.4 Å². The van der Waals surface area contributed by atoms with Crippen LogP contribution in [0.3, 0.4) is 0 Å². The van der Waals surface area contributed by atoms with Crippen molar-refractivity contribution >= 4 is 5.91 Å². The Labute approximate surface area is 271 Å². The Kier molecular flexibility index (Phi) is 17.9. The molecule has 230 valence electrons. The van der Waals surface area contributed by atoms with Crippen molar-refractivity contribution in [3.63, 3.8) is 0 Å². The summed E-state index contributed by atoms with van der Waals surface area (Å²) < 4.78 is 14.0. The van der Waals surface area contributed by atoms with E-state index in [1.807, 2.05) is 65.6 Å². The van der Waals surface area contributed by atoms with Gasteiger partial charge >= 0.3 is 0 Å². The minimum absolute atomic E-state index is 0. The fourth-order valence-electron chi connectivity index (χ4n) is 5.19. The van der Waals surface area contributed by atoms with Gasteiger partial charge in [-0.15, -0.1) is 0 Å². The predicted molar refractivity (Wildman–Crippen MR) is 167 cm³/mol. The lowest BCUT2D eigenvalue weighted by Crippen LogP contribution is -3.00. The zero-order chi connectivity index (χ0) is 29.1. The van der Waals surface area contributed by atoms with Gasteiger partial charge in [-0.2, -0.15) is 0 Å². The van der Waals surface area contributed by atoms with Crippen molar-refractivity contribution in [2.24, 2.45) is 0 Å². The molecule has 0 radical (unpaired) electrons. The molecule has 5 nitrogen and oxygen atoms in total. The summed E-state index contributed by atoms with van der Waals surface area (Å²) in [6.07, 6.45) is 16.2. The predicted octanol–water partition coefficient (Wildman–Crippen LogP) is 5.54. The van der Waals surface area contributed by atoms with E-state index in [1.54, 1.807) is 7.11 Å². The van der Waals surface area contributed by atoms with Gasteiger partial charge in [-0.25, -0.2) is 4.57 Å². The number of aryl methyl sites for hydroxylation is 1. The molecule has 0 aliphatic carbocycles. The second-order valence-electron chi connectivity index (χ2n) is 10.9. The van der Waals surface area contributed by atoms with Gasteiger partial charge in [0.25, 0.3) is 5.91 Å². The molecule has 42 heavy (non-hydrogen) atoms. The maximum absolute atomic E-state index is 13.6. The van der Waals surface area contributed by atoms with Crippen LogP contribution in [0.2, 0.25) is 0 Å². The molecule has 1 amide bonds. The van der Waals surface area contributed by atoms with Gasteiger partial charge in [0.2, 0.25) is 5.69 Å². The van der Waals surface area contributed by atoms with E-state index in [0.717, 1.165) is 36.4 Å². The normalized spacial score (nSPS) is 10.6. The highest BCUT2D eigenvalue weighted by Gasteiger charge is 2.21. The van der Waals surface area contributed by atoms with Gasteiger partial charge in [0.15, 0.2) is 17.7 Å². The van der Waals surface area contributed by atoms with Gasteiger partial charge in [-0.1, -0.05) is 102 Å². The summed E-state index contributed by atoms with van der Waals surface area (Å²) in [5.41, 5.74) is 2.81. The lowest BCUT2D eigenvalue weighted by molar-refractivity contribution is -0.705. The summed E-state index contributed by atoms with van der Waals surface area (Å²) in [6.45, 7) is 7.04. The SMILES string of the molecule is CCCCCCCCCCCCOc1ccc(CN(Cc2cccc[n+]2CCC)C(=O)c2ccccc2)cc1OC.[I-]. The fraction of sp³-hybridized carbons (Fsp3) is 0.500. The van der Waals surface area contributed by atoms with Crippen LogP contribution in [0.4, 0.5) is 0 Å². The molecule has 0 bridgehead atoms. The average molecular weight is 687 g/mol. The van der Waals surface area contributed by atoms with Crippen LogP contribution in [0.15, 0.2) is 72.9 Å². The zero-order valence-electron chi connectivity index (χ0n) is 26.0. The average Bonchev–Trinajstić information content (AvgIpc) is 3.01. The monoisotopic (exact) mass is 686 g/mol. The Hall–Kier alpha value is -2.61. The molecule has 0 atom stereocenters. The topological polar surface area (TPSA) is 42.7 Å². The van der Waals surface area contributed by atoms with Crippen molar-refractivity contribution in [1.29, 1.82) is 0 Å². The molecule has 0 unspecified atom stereocenters. The van der Waals surface area contributed by atoms with Gasteiger partial charge in [0.05, 0.1) is 13.7 Å². The van der Waals surface area contributed by atoms with Crippen molar-refractivity contribution < 1.29 is 42.8 Å². The van der Waals surface area contributed by atoms with Crippen molar-refractivity contribution in [1.82, 2.24) is 4.90 Å². The molecule has 0 spiro atoms. The molecule has 0 saturated heterocycles. The Morgan fingerprint density at radius 1 is 0.738 bits per heavy atom. The second-order valence-corrected chi connectivity index (χ2v) is 10.9. The molecule has 0 aliphatic heterocycles. The third-order valence-electron chi connectivity index (χ3n) is 7.52. The molecule has 6 heteroatoms. The summed E-state index contributed by atoms with van der Waals surface area (Å²) in [4.78, 5) is 15.5. The molecule has 0 N–H and O–H groups in total. The quantitative estimate of drug-likeness (QED) is 0.0892. The minimum Gasteiger partial charge on any atom is -1.00 e. The Balaban J connectivity index is 0.00000616. The Morgan fingerprint density at radius 3 is 2.07 bits per heavy atom. The lowest BCUT2D eigenvalue weighted by Gasteiger charge is -2.23. The van der Waals surface area contributed by atoms with Crippen molar-refractivity contribution in [2.45, 2.75) is 104 Å². The van der Waals surface area contributed by atoms with Crippen molar-refractivity contribution in [3.05, 3.63) is 89.7 Å². The number of amides is 1. The molecule has 3 aromatic rings. The number of carbonyl (C=O) groups is 1. The van der Waals surface area contributed by atoms with E-state index in [-0.39, 0.29) is 29.9 Å². The van der Waals surface area contributed by atoms with Crippen LogP contribution >= 0.6 is 0 Å². The highest BCUT2D eigenvalue weighted by Crippen LogP contribution is 2.29.